The van der Waals surface area contributed by atoms with E-state index < -0.39 is 5.54 Å². The molecule has 2 N–H and O–H groups in total. The Hall–Kier alpha value is -1.73. The zero-order valence-corrected chi connectivity index (χ0v) is 10.2. The van der Waals surface area contributed by atoms with Crippen molar-refractivity contribution in [3.63, 3.8) is 0 Å². The fraction of sp³-hybridized carbons (Fsp3) is 0.545. The monoisotopic (exact) mass is 249 g/mol. The highest BCUT2D eigenvalue weighted by Crippen LogP contribution is 2.29. The van der Waals surface area contributed by atoms with Crippen molar-refractivity contribution in [2.45, 2.75) is 18.4 Å². The zero-order valence-electron chi connectivity index (χ0n) is 10.2. The molecule has 0 aliphatic carbocycles. The minimum atomic E-state index is -0.567. The number of aryl methyl sites for hydroxylation is 1. The second-order valence-electron chi connectivity index (χ2n) is 4.58. The van der Waals surface area contributed by atoms with Gasteiger partial charge in [-0.3, -0.25) is 0 Å². The molecule has 0 amide bonds. The topological polar surface area (TPSA) is 92.0 Å². The van der Waals surface area contributed by atoms with Gasteiger partial charge in [-0.2, -0.15) is 4.98 Å². The number of hydrogen-bond acceptors (Lipinski definition) is 6. The average Bonchev–Trinajstić information content (AvgIpc) is 2.98. The lowest BCUT2D eigenvalue weighted by Gasteiger charge is -2.29. The Morgan fingerprint density at radius 1 is 1.39 bits per heavy atom. The summed E-state index contributed by atoms with van der Waals surface area (Å²) in [6, 6.07) is 0. The van der Waals surface area contributed by atoms with Gasteiger partial charge in [-0.1, -0.05) is 5.16 Å². The van der Waals surface area contributed by atoms with Gasteiger partial charge in [0.1, 0.15) is 11.2 Å². The van der Waals surface area contributed by atoms with E-state index in [1.165, 1.54) is 0 Å². The van der Waals surface area contributed by atoms with E-state index in [1.54, 1.807) is 12.5 Å². The highest BCUT2D eigenvalue weighted by Gasteiger charge is 2.36. The van der Waals surface area contributed by atoms with E-state index in [1.807, 2.05) is 11.6 Å². The molecule has 96 valence electrons. The molecule has 7 nitrogen and oxygen atoms in total. The van der Waals surface area contributed by atoms with Gasteiger partial charge >= 0.3 is 0 Å². The van der Waals surface area contributed by atoms with Gasteiger partial charge in [0.25, 0.3) is 0 Å². The lowest BCUT2D eigenvalue weighted by molar-refractivity contribution is 0.0400. The predicted octanol–water partition coefficient (Wildman–Crippen LogP) is 0.434. The minimum Gasteiger partial charge on any atom is -0.381 e. The largest absolute Gasteiger partial charge is 0.381 e. The summed E-state index contributed by atoms with van der Waals surface area (Å²) in [5, 5.41) is 3.97. The first-order valence-electron chi connectivity index (χ1n) is 5.86. The maximum Gasteiger partial charge on any atom is 0.247 e. The average molecular weight is 249 g/mol. The fourth-order valence-electron chi connectivity index (χ4n) is 2.05. The van der Waals surface area contributed by atoms with Crippen LogP contribution in [0.1, 0.15) is 18.7 Å². The van der Waals surface area contributed by atoms with E-state index >= 15 is 0 Å². The van der Waals surface area contributed by atoms with E-state index in [-0.39, 0.29) is 0 Å². The Bertz CT molecular complexity index is 541. The molecule has 18 heavy (non-hydrogen) atoms. The van der Waals surface area contributed by atoms with Crippen LogP contribution in [-0.2, 0) is 17.3 Å². The molecule has 1 aliphatic rings. The third kappa shape index (κ3) is 1.81. The number of ether oxygens (including phenoxy) is 1. The SMILES string of the molecule is Cn1cncc1-c1noc(C2(N)CCOCC2)n1. The predicted molar refractivity (Wildman–Crippen MR) is 62.4 cm³/mol. The molecular formula is C11H15N5O2. The van der Waals surface area contributed by atoms with Crippen molar-refractivity contribution in [2.24, 2.45) is 12.8 Å². The highest BCUT2D eigenvalue weighted by molar-refractivity contribution is 5.47. The van der Waals surface area contributed by atoms with Crippen LogP contribution in [0.25, 0.3) is 11.5 Å². The molecule has 1 fully saturated rings. The molecule has 7 heteroatoms. The number of hydrogen-bond donors (Lipinski definition) is 1. The van der Waals surface area contributed by atoms with E-state index in [9.17, 15) is 0 Å². The molecule has 0 radical (unpaired) electrons. The van der Waals surface area contributed by atoms with Crippen LogP contribution in [0.4, 0.5) is 0 Å². The van der Waals surface area contributed by atoms with Gasteiger partial charge in [0.15, 0.2) is 0 Å². The van der Waals surface area contributed by atoms with Crippen LogP contribution in [0.5, 0.6) is 0 Å². The Kier molecular flexibility index (Phi) is 2.64. The molecule has 0 bridgehead atoms. The van der Waals surface area contributed by atoms with Crippen molar-refractivity contribution in [3.8, 4) is 11.5 Å². The van der Waals surface area contributed by atoms with Crippen LogP contribution in [-0.4, -0.2) is 32.9 Å². The van der Waals surface area contributed by atoms with Crippen LogP contribution >= 0.6 is 0 Å². The maximum absolute atomic E-state index is 6.29. The fourth-order valence-corrected chi connectivity index (χ4v) is 2.05. The number of nitrogens with zero attached hydrogens (tertiary/aromatic N) is 4. The van der Waals surface area contributed by atoms with E-state index in [2.05, 4.69) is 15.1 Å². The Morgan fingerprint density at radius 3 is 2.83 bits per heavy atom. The van der Waals surface area contributed by atoms with Gasteiger partial charge in [-0.25, -0.2) is 4.98 Å². The van der Waals surface area contributed by atoms with Crippen molar-refractivity contribution >= 4 is 0 Å². The Balaban J connectivity index is 1.92. The highest BCUT2D eigenvalue weighted by atomic mass is 16.5. The minimum absolute atomic E-state index is 0.474. The quantitative estimate of drug-likeness (QED) is 0.830. The number of aromatic nitrogens is 4. The van der Waals surface area contributed by atoms with E-state index in [0.29, 0.717) is 37.8 Å². The van der Waals surface area contributed by atoms with Gasteiger partial charge < -0.3 is 19.6 Å². The zero-order chi connectivity index (χ0) is 12.6. The number of imidazole rings is 1. The summed E-state index contributed by atoms with van der Waals surface area (Å²) in [6.07, 6.45) is 4.78. The normalized spacial score (nSPS) is 19.0. The first-order chi connectivity index (χ1) is 8.69. The summed E-state index contributed by atoms with van der Waals surface area (Å²) in [5.74, 6) is 0.989. The number of rotatable bonds is 2. The molecular weight excluding hydrogens is 234 g/mol. The van der Waals surface area contributed by atoms with Gasteiger partial charge in [0.05, 0.1) is 12.5 Å². The van der Waals surface area contributed by atoms with Crippen molar-refractivity contribution in [2.75, 3.05) is 13.2 Å². The molecule has 0 aromatic carbocycles. The molecule has 3 heterocycles. The van der Waals surface area contributed by atoms with Gasteiger partial charge in [-0.05, 0) is 12.8 Å². The second kappa shape index (κ2) is 4.18. The van der Waals surface area contributed by atoms with Crippen molar-refractivity contribution < 1.29 is 9.26 Å². The summed E-state index contributed by atoms with van der Waals surface area (Å²) < 4.78 is 12.4. The molecule has 2 aromatic heterocycles. The van der Waals surface area contributed by atoms with Gasteiger partial charge in [-0.15, -0.1) is 0 Å². The molecule has 3 rings (SSSR count). The van der Waals surface area contributed by atoms with Crippen LogP contribution in [0.3, 0.4) is 0 Å². The lowest BCUT2D eigenvalue weighted by Crippen LogP contribution is -2.42. The first kappa shape index (κ1) is 11.4. The molecule has 0 spiro atoms. The second-order valence-corrected chi connectivity index (χ2v) is 4.58. The Labute approximate surface area is 104 Å². The van der Waals surface area contributed by atoms with E-state index in [0.717, 1.165) is 5.69 Å². The summed E-state index contributed by atoms with van der Waals surface area (Å²) in [6.45, 7) is 1.25. The molecule has 1 saturated heterocycles. The first-order valence-corrected chi connectivity index (χ1v) is 5.86. The number of nitrogens with two attached hydrogens (primary N) is 1. The summed E-state index contributed by atoms with van der Waals surface area (Å²) in [5.41, 5.74) is 6.53. The van der Waals surface area contributed by atoms with E-state index in [4.69, 9.17) is 15.0 Å². The maximum atomic E-state index is 6.29. The van der Waals surface area contributed by atoms with Crippen LogP contribution in [0.15, 0.2) is 17.0 Å². The van der Waals surface area contributed by atoms with Crippen LogP contribution < -0.4 is 5.73 Å². The standard InChI is InChI=1S/C11H15N5O2/c1-16-7-13-6-8(16)9-14-10(18-15-9)11(12)2-4-17-5-3-11/h6-7H,2-5,12H2,1H3. The lowest BCUT2D eigenvalue weighted by atomic mass is 9.91. The summed E-state index contributed by atoms with van der Waals surface area (Å²) >= 11 is 0. The van der Waals surface area contributed by atoms with Gasteiger partial charge in [0, 0.05) is 20.3 Å². The summed E-state index contributed by atoms with van der Waals surface area (Å²) in [7, 11) is 1.88. The molecule has 0 atom stereocenters. The molecule has 1 aliphatic heterocycles. The van der Waals surface area contributed by atoms with Crippen molar-refractivity contribution in [3.05, 3.63) is 18.4 Å². The van der Waals surface area contributed by atoms with Crippen molar-refractivity contribution in [1.29, 1.82) is 0 Å². The molecule has 2 aromatic rings. The Morgan fingerprint density at radius 2 is 2.17 bits per heavy atom. The van der Waals surface area contributed by atoms with Gasteiger partial charge in [0.2, 0.25) is 11.7 Å². The molecule has 0 unspecified atom stereocenters. The van der Waals surface area contributed by atoms with Crippen LogP contribution in [0.2, 0.25) is 0 Å². The van der Waals surface area contributed by atoms with Crippen molar-refractivity contribution in [1.82, 2.24) is 19.7 Å². The summed E-state index contributed by atoms with van der Waals surface area (Å²) in [4.78, 5) is 8.42. The third-order valence-corrected chi connectivity index (χ3v) is 3.28. The molecule has 0 saturated carbocycles. The smallest absolute Gasteiger partial charge is 0.247 e. The van der Waals surface area contributed by atoms with Crippen LogP contribution in [0, 0.1) is 0 Å². The third-order valence-electron chi connectivity index (χ3n) is 3.28.